The van der Waals surface area contributed by atoms with Crippen molar-refractivity contribution in [3.63, 3.8) is 0 Å². The van der Waals surface area contributed by atoms with Crippen LogP contribution in [0.2, 0.25) is 5.15 Å². The molecule has 132 valence electrons. The monoisotopic (exact) mass is 373 g/mol. The highest BCUT2D eigenvalue weighted by Crippen LogP contribution is 2.61. The third-order valence-corrected chi connectivity index (χ3v) is 8.29. The van der Waals surface area contributed by atoms with Gasteiger partial charge in [-0.1, -0.05) is 30.2 Å². The Morgan fingerprint density at radius 2 is 2.08 bits per heavy atom. The van der Waals surface area contributed by atoms with Crippen molar-refractivity contribution >= 4 is 30.0 Å². The number of allylic oxidation sites excluding steroid dienone is 2. The molecule has 0 spiro atoms. The average molecular weight is 374 g/mol. The van der Waals surface area contributed by atoms with Crippen LogP contribution in [0.3, 0.4) is 0 Å². The molecule has 1 heterocycles. The van der Waals surface area contributed by atoms with E-state index in [1.807, 2.05) is 12.1 Å². The van der Waals surface area contributed by atoms with Gasteiger partial charge in [-0.25, -0.2) is 4.98 Å². The fourth-order valence-corrected chi connectivity index (χ4v) is 6.87. The summed E-state index contributed by atoms with van der Waals surface area (Å²) in [4.78, 5) is 17.8. The average Bonchev–Trinajstić information content (AvgIpc) is 2.94. The number of ketones is 1. The molecule has 1 aromatic rings. The molecule has 0 saturated heterocycles. The largest absolute Gasteiger partial charge is 0.295 e. The zero-order chi connectivity index (χ0) is 17.3. The Morgan fingerprint density at radius 3 is 2.92 bits per heavy atom. The number of fused-ring (bicyclic) bond motifs is 7. The number of rotatable bonds is 0. The van der Waals surface area contributed by atoms with E-state index in [2.05, 4.69) is 18.0 Å². The third-order valence-electron chi connectivity index (χ3n) is 7.63. The lowest BCUT2D eigenvalue weighted by Gasteiger charge is -2.54. The van der Waals surface area contributed by atoms with E-state index in [0.29, 0.717) is 33.9 Å². The van der Waals surface area contributed by atoms with Crippen molar-refractivity contribution in [2.24, 2.45) is 23.2 Å². The zero-order valence-electron chi connectivity index (χ0n) is 14.5. The molecular weight excluding hydrogens is 350 g/mol. The molecule has 6 unspecified atom stereocenters. The van der Waals surface area contributed by atoms with Crippen LogP contribution < -0.4 is 0 Å². The van der Waals surface area contributed by atoms with E-state index in [-0.39, 0.29) is 11.3 Å². The second-order valence-electron chi connectivity index (χ2n) is 8.75. The van der Waals surface area contributed by atoms with Gasteiger partial charge in [-0.05, 0) is 73.5 Å². The van der Waals surface area contributed by atoms with E-state index in [4.69, 9.17) is 24.2 Å². The molecule has 0 radical (unpaired) electrons. The molecule has 2 nitrogen and oxygen atoms in total. The molecule has 6 atom stereocenters. The second kappa shape index (κ2) is 5.60. The molecule has 0 N–H and O–H groups in total. The maximum atomic E-state index is 13.1. The summed E-state index contributed by atoms with van der Waals surface area (Å²) < 4.78 is 0. The van der Waals surface area contributed by atoms with Crippen molar-refractivity contribution in [1.29, 1.82) is 0 Å². The fraction of sp³-hybridized carbons (Fsp3) is 0.619. The maximum absolute atomic E-state index is 13.1. The lowest BCUT2D eigenvalue weighted by atomic mass is 9.50. The van der Waals surface area contributed by atoms with Crippen molar-refractivity contribution in [3.05, 3.63) is 40.2 Å². The Labute approximate surface area is 159 Å². The smallest absolute Gasteiger partial charge is 0.159 e. The van der Waals surface area contributed by atoms with Crippen LogP contribution in [0, 0.1) is 23.2 Å². The van der Waals surface area contributed by atoms with Crippen molar-refractivity contribution in [3.8, 4) is 0 Å². The van der Waals surface area contributed by atoms with E-state index in [0.717, 1.165) is 25.7 Å². The molecule has 1 aromatic heterocycles. The van der Waals surface area contributed by atoms with E-state index in [1.165, 1.54) is 29.7 Å². The third kappa shape index (κ3) is 2.31. The molecule has 0 aliphatic heterocycles. The van der Waals surface area contributed by atoms with Crippen molar-refractivity contribution < 1.29 is 4.79 Å². The summed E-state index contributed by atoms with van der Waals surface area (Å²) in [5.41, 5.74) is 4.05. The lowest BCUT2D eigenvalue weighted by Crippen LogP contribution is -2.50. The van der Waals surface area contributed by atoms with Gasteiger partial charge in [0.15, 0.2) is 5.78 Å². The van der Waals surface area contributed by atoms with Gasteiger partial charge in [0, 0.05) is 22.8 Å². The Bertz CT molecular complexity index is 790. The van der Waals surface area contributed by atoms with Crippen LogP contribution >= 0.6 is 24.2 Å². The zero-order valence-corrected chi connectivity index (χ0v) is 16.2. The fourth-order valence-electron chi connectivity index (χ4n) is 6.39. The predicted octanol–water partition coefficient (Wildman–Crippen LogP) is 5.01. The first-order valence-corrected chi connectivity index (χ1v) is 10.4. The molecule has 25 heavy (non-hydrogen) atoms. The van der Waals surface area contributed by atoms with Crippen LogP contribution in [0.1, 0.15) is 56.2 Å². The topological polar surface area (TPSA) is 30.0 Å². The summed E-state index contributed by atoms with van der Waals surface area (Å²) in [6, 6.07) is 4.02. The molecule has 4 heteroatoms. The lowest BCUT2D eigenvalue weighted by molar-refractivity contribution is -0.128. The molecule has 2 fully saturated rings. The van der Waals surface area contributed by atoms with E-state index < -0.39 is 0 Å². The van der Waals surface area contributed by atoms with Crippen molar-refractivity contribution in [2.45, 2.75) is 56.6 Å². The molecule has 0 bridgehead atoms. The number of nitrogens with zero attached hydrogens (tertiary/aromatic N) is 1. The number of hydrogen-bond donors (Lipinski definition) is 1. The van der Waals surface area contributed by atoms with E-state index >= 15 is 0 Å². The van der Waals surface area contributed by atoms with Gasteiger partial charge in [0.25, 0.3) is 0 Å². The second-order valence-corrected chi connectivity index (χ2v) is 9.87. The van der Waals surface area contributed by atoms with Crippen LogP contribution in [0.15, 0.2) is 23.8 Å². The highest BCUT2D eigenvalue weighted by atomic mass is 35.5. The first-order valence-electron chi connectivity index (χ1n) is 9.55. The van der Waals surface area contributed by atoms with Gasteiger partial charge in [-0.3, -0.25) is 4.79 Å². The van der Waals surface area contributed by atoms with Crippen molar-refractivity contribution in [2.75, 3.05) is 0 Å². The number of thiol groups is 1. The standard InChI is InChI=1S/C21H24ClNOS/c1-21-7-6-13(25)9-12(21)10-17(24)19-15-8-11-2-5-18(22)23-20(11)14(15)3-4-16(19)21/h2,5,10,13-16,19,25H,3-4,6-9H2,1H3. The first-order chi connectivity index (χ1) is 12.0. The minimum absolute atomic E-state index is 0.164. The maximum Gasteiger partial charge on any atom is 0.159 e. The van der Waals surface area contributed by atoms with Crippen molar-refractivity contribution in [1.82, 2.24) is 4.98 Å². The van der Waals surface area contributed by atoms with Gasteiger partial charge in [-0.2, -0.15) is 12.6 Å². The highest BCUT2D eigenvalue weighted by Gasteiger charge is 2.56. The Kier molecular flexibility index (Phi) is 3.67. The molecule has 4 aliphatic rings. The molecule has 2 saturated carbocycles. The summed E-state index contributed by atoms with van der Waals surface area (Å²) in [5.74, 6) is 1.85. The van der Waals surface area contributed by atoms with Crippen LogP contribution in [0.25, 0.3) is 0 Å². The Morgan fingerprint density at radius 1 is 1.24 bits per heavy atom. The SMILES string of the molecule is CC12CCC(S)CC1=CC(=O)C1C3Cc4ccc(Cl)nc4C3CCC12. The van der Waals surface area contributed by atoms with Crippen LogP contribution in [-0.2, 0) is 11.2 Å². The van der Waals surface area contributed by atoms with Gasteiger partial charge in [0.05, 0.1) is 0 Å². The Hall–Kier alpha value is -0.800. The van der Waals surface area contributed by atoms with Crippen LogP contribution in [-0.4, -0.2) is 16.0 Å². The summed E-state index contributed by atoms with van der Waals surface area (Å²) in [7, 11) is 0. The number of carbonyl (C=O) groups excluding carboxylic acids is 1. The number of aromatic nitrogens is 1. The minimum atomic E-state index is 0.164. The van der Waals surface area contributed by atoms with Gasteiger partial charge in [-0.15, -0.1) is 0 Å². The van der Waals surface area contributed by atoms with Gasteiger partial charge < -0.3 is 0 Å². The number of halogens is 1. The van der Waals surface area contributed by atoms with Gasteiger partial charge in [0.1, 0.15) is 5.15 Å². The van der Waals surface area contributed by atoms with Gasteiger partial charge in [0.2, 0.25) is 0 Å². The molecular formula is C21H24ClNOS. The Balaban J connectivity index is 1.55. The molecule has 4 aliphatic carbocycles. The number of hydrogen-bond acceptors (Lipinski definition) is 3. The minimum Gasteiger partial charge on any atom is -0.295 e. The number of carbonyl (C=O) groups is 1. The van der Waals surface area contributed by atoms with Gasteiger partial charge >= 0.3 is 0 Å². The number of pyridine rings is 1. The highest BCUT2D eigenvalue weighted by molar-refractivity contribution is 7.80. The molecule has 0 amide bonds. The van der Waals surface area contributed by atoms with Crippen LogP contribution in [0.4, 0.5) is 0 Å². The first kappa shape index (κ1) is 16.4. The summed E-state index contributed by atoms with van der Waals surface area (Å²) in [5, 5.41) is 1.000. The summed E-state index contributed by atoms with van der Waals surface area (Å²) >= 11 is 10.8. The quantitative estimate of drug-likeness (QED) is 0.511. The van der Waals surface area contributed by atoms with E-state index in [9.17, 15) is 4.79 Å². The summed E-state index contributed by atoms with van der Waals surface area (Å²) in [6.07, 6.45) is 8.61. The molecule has 0 aromatic carbocycles. The summed E-state index contributed by atoms with van der Waals surface area (Å²) in [6.45, 7) is 2.42. The molecule has 5 rings (SSSR count). The predicted molar refractivity (Wildman–Crippen MR) is 103 cm³/mol. The van der Waals surface area contributed by atoms with Crippen LogP contribution in [0.5, 0.6) is 0 Å². The normalized spacial score (nSPS) is 42.1. The van der Waals surface area contributed by atoms with E-state index in [1.54, 1.807) is 0 Å².